The highest BCUT2D eigenvalue weighted by molar-refractivity contribution is 6.01. The zero-order chi connectivity index (χ0) is 22.6. The van der Waals surface area contributed by atoms with Crippen molar-refractivity contribution in [3.63, 3.8) is 0 Å². The molecule has 1 unspecified atom stereocenters. The molecule has 2 aliphatic rings. The Hall–Kier alpha value is -2.95. The van der Waals surface area contributed by atoms with Crippen LogP contribution >= 0.6 is 0 Å². The van der Waals surface area contributed by atoms with Crippen molar-refractivity contribution in [3.05, 3.63) is 102 Å². The fraction of sp³-hybridized carbons (Fsp3) is 0.345. The number of likely N-dealkylation sites (tertiary alicyclic amines) is 1. The number of hydrogen-bond donors (Lipinski definition) is 0. The molecule has 5 rings (SSSR count). The summed E-state index contributed by atoms with van der Waals surface area (Å²) in [5.41, 5.74) is 4.61. The predicted molar refractivity (Wildman–Crippen MR) is 132 cm³/mol. The molecular formula is C29H32N2O2. The van der Waals surface area contributed by atoms with E-state index < -0.39 is 0 Å². The van der Waals surface area contributed by atoms with Crippen molar-refractivity contribution < 1.29 is 9.53 Å². The van der Waals surface area contributed by atoms with Gasteiger partial charge in [-0.1, -0.05) is 85.8 Å². The summed E-state index contributed by atoms with van der Waals surface area (Å²) in [6, 6.07) is 29.2. The normalized spacial score (nSPS) is 18.0. The lowest BCUT2D eigenvalue weighted by Crippen LogP contribution is -2.53. The molecule has 3 aromatic carbocycles. The molecule has 0 aliphatic carbocycles. The lowest BCUT2D eigenvalue weighted by atomic mass is 10.00. The van der Waals surface area contributed by atoms with E-state index >= 15 is 0 Å². The molecule has 1 atom stereocenters. The molecule has 1 saturated heterocycles. The third-order valence-electron chi connectivity index (χ3n) is 6.96. The van der Waals surface area contributed by atoms with Crippen LogP contribution in [-0.2, 0) is 16.0 Å². The smallest absolute Gasteiger partial charge is 0.232 e. The second kappa shape index (κ2) is 9.90. The highest BCUT2D eigenvalue weighted by Crippen LogP contribution is 2.34. The molecule has 1 fully saturated rings. The number of fused-ring (bicyclic) bond motifs is 1. The minimum absolute atomic E-state index is 0.0574. The third-order valence-corrected chi connectivity index (χ3v) is 6.96. The molecule has 0 radical (unpaired) electrons. The standard InChI is InChI=1S/C29H32N2O2/c1-2-27(31-26-16-10-9-15-24(26)21-28(31)32)30-19-17-25(18-20-30)33-29(22-11-5-3-6-12-22)23-13-7-4-8-14-23/h3-16,25,27,29H,2,17-21H2,1H3. The van der Waals surface area contributed by atoms with E-state index in [1.165, 1.54) is 11.1 Å². The van der Waals surface area contributed by atoms with Gasteiger partial charge in [-0.05, 0) is 42.0 Å². The number of benzene rings is 3. The Balaban J connectivity index is 1.28. The molecule has 170 valence electrons. The summed E-state index contributed by atoms with van der Waals surface area (Å²) >= 11 is 0. The molecule has 0 saturated carbocycles. The van der Waals surface area contributed by atoms with E-state index in [-0.39, 0.29) is 24.3 Å². The first-order valence-corrected chi connectivity index (χ1v) is 12.1. The molecule has 4 heteroatoms. The molecule has 0 spiro atoms. The minimum atomic E-state index is -0.0574. The van der Waals surface area contributed by atoms with Gasteiger partial charge in [0, 0.05) is 18.8 Å². The fourth-order valence-corrected chi connectivity index (χ4v) is 5.32. The van der Waals surface area contributed by atoms with E-state index in [1.807, 2.05) is 29.2 Å². The average molecular weight is 441 g/mol. The van der Waals surface area contributed by atoms with Gasteiger partial charge in [-0.3, -0.25) is 14.6 Å². The lowest BCUT2D eigenvalue weighted by Gasteiger charge is -2.42. The van der Waals surface area contributed by atoms with Crippen LogP contribution in [0.5, 0.6) is 0 Å². The van der Waals surface area contributed by atoms with Crippen molar-refractivity contribution in [2.24, 2.45) is 0 Å². The van der Waals surface area contributed by atoms with Crippen molar-refractivity contribution in [1.29, 1.82) is 0 Å². The van der Waals surface area contributed by atoms with E-state index in [0.717, 1.165) is 43.6 Å². The minimum Gasteiger partial charge on any atom is -0.365 e. The summed E-state index contributed by atoms with van der Waals surface area (Å²) in [5.74, 6) is 0.217. The molecule has 2 heterocycles. The summed E-state index contributed by atoms with van der Waals surface area (Å²) < 4.78 is 6.72. The van der Waals surface area contributed by atoms with Gasteiger partial charge in [0.05, 0.1) is 18.7 Å². The van der Waals surface area contributed by atoms with E-state index in [2.05, 4.69) is 72.5 Å². The number of amides is 1. The monoisotopic (exact) mass is 440 g/mol. The highest BCUT2D eigenvalue weighted by Gasteiger charge is 2.36. The Labute approximate surface area is 196 Å². The predicted octanol–water partition coefficient (Wildman–Crippen LogP) is 5.58. The number of piperidine rings is 1. The van der Waals surface area contributed by atoms with Gasteiger partial charge >= 0.3 is 0 Å². The number of anilines is 1. The summed E-state index contributed by atoms with van der Waals surface area (Å²) in [4.78, 5) is 17.4. The number of carbonyl (C=O) groups is 1. The molecule has 0 aromatic heterocycles. The fourth-order valence-electron chi connectivity index (χ4n) is 5.32. The Morgan fingerprint density at radius 1 is 0.848 bits per heavy atom. The van der Waals surface area contributed by atoms with E-state index in [1.54, 1.807) is 0 Å². The maximum atomic E-state index is 12.9. The van der Waals surface area contributed by atoms with Crippen molar-refractivity contribution in [2.75, 3.05) is 18.0 Å². The van der Waals surface area contributed by atoms with Crippen molar-refractivity contribution in [1.82, 2.24) is 4.90 Å². The third kappa shape index (κ3) is 4.59. The number of rotatable bonds is 7. The largest absolute Gasteiger partial charge is 0.365 e. The zero-order valence-corrected chi connectivity index (χ0v) is 19.3. The van der Waals surface area contributed by atoms with Crippen molar-refractivity contribution >= 4 is 11.6 Å². The first kappa shape index (κ1) is 21.9. The zero-order valence-electron chi connectivity index (χ0n) is 19.3. The Bertz CT molecular complexity index is 1020. The van der Waals surface area contributed by atoms with Crippen LogP contribution in [0.4, 0.5) is 5.69 Å². The Kier molecular flexibility index (Phi) is 6.56. The topological polar surface area (TPSA) is 32.8 Å². The van der Waals surface area contributed by atoms with Gasteiger partial charge in [0.1, 0.15) is 6.10 Å². The number of hydrogen-bond acceptors (Lipinski definition) is 3. The number of para-hydroxylation sites is 1. The molecule has 33 heavy (non-hydrogen) atoms. The van der Waals surface area contributed by atoms with Crippen LogP contribution in [-0.4, -0.2) is 36.2 Å². The van der Waals surface area contributed by atoms with E-state index in [9.17, 15) is 4.79 Å². The van der Waals surface area contributed by atoms with E-state index in [0.29, 0.717) is 6.42 Å². The number of carbonyl (C=O) groups excluding carboxylic acids is 1. The first-order valence-electron chi connectivity index (χ1n) is 12.1. The van der Waals surface area contributed by atoms with Gasteiger partial charge in [-0.2, -0.15) is 0 Å². The summed E-state index contributed by atoms with van der Waals surface area (Å²) in [6.07, 6.45) is 3.63. The summed E-state index contributed by atoms with van der Waals surface area (Å²) in [7, 11) is 0. The number of nitrogens with zero attached hydrogens (tertiary/aromatic N) is 2. The van der Waals surface area contributed by atoms with Crippen LogP contribution < -0.4 is 4.90 Å². The van der Waals surface area contributed by atoms with Gasteiger partial charge in [-0.15, -0.1) is 0 Å². The van der Waals surface area contributed by atoms with Gasteiger partial charge in [-0.25, -0.2) is 0 Å². The van der Waals surface area contributed by atoms with Gasteiger partial charge in [0.2, 0.25) is 5.91 Å². The summed E-state index contributed by atoms with van der Waals surface area (Å²) in [6.45, 7) is 4.05. The lowest BCUT2D eigenvalue weighted by molar-refractivity contribution is -0.119. The Morgan fingerprint density at radius 3 is 2.03 bits per heavy atom. The van der Waals surface area contributed by atoms with Crippen LogP contribution in [0.1, 0.15) is 49.0 Å². The van der Waals surface area contributed by atoms with Crippen LogP contribution in [0.2, 0.25) is 0 Å². The summed E-state index contributed by atoms with van der Waals surface area (Å²) in [5, 5.41) is 0. The van der Waals surface area contributed by atoms with Gasteiger partial charge in [0.25, 0.3) is 0 Å². The first-order chi connectivity index (χ1) is 16.2. The quantitative estimate of drug-likeness (QED) is 0.481. The van der Waals surface area contributed by atoms with Crippen LogP contribution in [0.25, 0.3) is 0 Å². The second-order valence-corrected chi connectivity index (χ2v) is 9.03. The maximum Gasteiger partial charge on any atom is 0.232 e. The molecule has 0 N–H and O–H groups in total. The molecule has 1 amide bonds. The van der Waals surface area contributed by atoms with Crippen molar-refractivity contribution in [2.45, 2.75) is 51.0 Å². The molecule has 0 bridgehead atoms. The molecule has 3 aromatic rings. The molecular weight excluding hydrogens is 408 g/mol. The average Bonchev–Trinajstić information content (AvgIpc) is 3.21. The van der Waals surface area contributed by atoms with Gasteiger partial charge in [0.15, 0.2) is 0 Å². The number of ether oxygens (including phenoxy) is 1. The highest BCUT2D eigenvalue weighted by atomic mass is 16.5. The maximum absolute atomic E-state index is 12.9. The Morgan fingerprint density at radius 2 is 1.42 bits per heavy atom. The van der Waals surface area contributed by atoms with E-state index in [4.69, 9.17) is 4.74 Å². The van der Waals surface area contributed by atoms with Crippen LogP contribution in [0.15, 0.2) is 84.9 Å². The van der Waals surface area contributed by atoms with Crippen LogP contribution in [0.3, 0.4) is 0 Å². The van der Waals surface area contributed by atoms with Gasteiger partial charge < -0.3 is 4.74 Å². The molecule has 4 nitrogen and oxygen atoms in total. The second-order valence-electron chi connectivity index (χ2n) is 9.03. The molecule has 2 aliphatic heterocycles. The SMILES string of the molecule is CCC(N1CCC(OC(c2ccccc2)c2ccccc2)CC1)N1C(=O)Cc2ccccc21. The van der Waals surface area contributed by atoms with Crippen molar-refractivity contribution in [3.8, 4) is 0 Å². The van der Waals surface area contributed by atoms with Crippen LogP contribution in [0, 0.1) is 0 Å².